The maximum Gasteiger partial charge on any atom is 0.316 e. The van der Waals surface area contributed by atoms with Crippen molar-refractivity contribution in [3.05, 3.63) is 101 Å². The molecule has 0 aliphatic heterocycles. The Labute approximate surface area is 219 Å². The fourth-order valence-electron chi connectivity index (χ4n) is 3.39. The summed E-state index contributed by atoms with van der Waals surface area (Å²) >= 11 is 1.35. The molecule has 0 saturated heterocycles. The second kappa shape index (κ2) is 13.3. The largest absolute Gasteiger partial charge is 0.480 e. The van der Waals surface area contributed by atoms with E-state index in [9.17, 15) is 27.5 Å². The number of hydrogen-bond donors (Lipinski definition) is 1. The summed E-state index contributed by atoms with van der Waals surface area (Å²) in [5.74, 6) is -0.866. The third-order valence-electron chi connectivity index (χ3n) is 5.26. The third-order valence-corrected chi connectivity index (χ3v) is 6.97. The van der Waals surface area contributed by atoms with Crippen molar-refractivity contribution in [1.82, 2.24) is 0 Å². The van der Waals surface area contributed by atoms with Crippen LogP contribution in [0.3, 0.4) is 0 Å². The van der Waals surface area contributed by atoms with Gasteiger partial charge >= 0.3 is 22.1 Å². The first kappa shape index (κ1) is 28.2. The highest BCUT2D eigenvalue weighted by atomic mass is 32.2. The van der Waals surface area contributed by atoms with Crippen molar-refractivity contribution < 1.29 is 36.4 Å². The van der Waals surface area contributed by atoms with Crippen molar-refractivity contribution in [3.8, 4) is 5.75 Å². The SMILES string of the molecule is CS(=O)(=O)Oc1ccc(CC(=O)OCc2ccc(CC(SCCc3ccc(F)cc3)C(=O)O)cc2)cc1. The number of ether oxygens (including phenoxy) is 1. The molecule has 0 radical (unpaired) electrons. The van der Waals surface area contributed by atoms with Crippen LogP contribution in [0.25, 0.3) is 0 Å². The molecule has 1 N–H and O–H groups in total. The van der Waals surface area contributed by atoms with Gasteiger partial charge in [-0.3, -0.25) is 9.59 Å². The van der Waals surface area contributed by atoms with E-state index in [2.05, 4.69) is 0 Å². The zero-order valence-corrected chi connectivity index (χ0v) is 21.8. The molecule has 0 amide bonds. The van der Waals surface area contributed by atoms with Gasteiger partial charge in [-0.1, -0.05) is 48.5 Å². The lowest BCUT2D eigenvalue weighted by atomic mass is 10.1. The Kier molecular flexibility index (Phi) is 10.1. The number of thioether (sulfide) groups is 1. The fraction of sp³-hybridized carbons (Fsp3) is 0.259. The Bertz CT molecular complexity index is 1290. The Morgan fingerprint density at radius 3 is 2.05 bits per heavy atom. The van der Waals surface area contributed by atoms with Crippen molar-refractivity contribution in [2.45, 2.75) is 31.1 Å². The van der Waals surface area contributed by atoms with Gasteiger partial charge in [0.05, 0.1) is 12.7 Å². The van der Waals surface area contributed by atoms with Crippen molar-refractivity contribution >= 4 is 33.8 Å². The predicted molar refractivity (Wildman–Crippen MR) is 140 cm³/mol. The van der Waals surface area contributed by atoms with E-state index >= 15 is 0 Å². The van der Waals surface area contributed by atoms with Gasteiger partial charge in [0, 0.05) is 0 Å². The van der Waals surface area contributed by atoms with Crippen LogP contribution in [0.1, 0.15) is 22.3 Å². The minimum absolute atomic E-state index is 0.0205. The highest BCUT2D eigenvalue weighted by molar-refractivity contribution is 8.00. The van der Waals surface area contributed by atoms with Crippen LogP contribution in [0.15, 0.2) is 72.8 Å². The average Bonchev–Trinajstić information content (AvgIpc) is 2.84. The second-order valence-electron chi connectivity index (χ2n) is 8.36. The number of aryl methyl sites for hydroxylation is 1. The summed E-state index contributed by atoms with van der Waals surface area (Å²) in [4.78, 5) is 23.9. The number of hydrogen-bond acceptors (Lipinski definition) is 7. The number of carboxylic acids is 1. The first-order valence-corrected chi connectivity index (χ1v) is 14.2. The summed E-state index contributed by atoms with van der Waals surface area (Å²) in [5, 5.41) is 8.98. The molecular weight excluding hydrogens is 519 g/mol. The topological polar surface area (TPSA) is 107 Å². The molecule has 0 aromatic heterocycles. The van der Waals surface area contributed by atoms with Crippen molar-refractivity contribution in [3.63, 3.8) is 0 Å². The molecule has 0 spiro atoms. The molecule has 0 aliphatic carbocycles. The van der Waals surface area contributed by atoms with E-state index < -0.39 is 27.3 Å². The lowest BCUT2D eigenvalue weighted by Gasteiger charge is -2.13. The summed E-state index contributed by atoms with van der Waals surface area (Å²) < 4.78 is 45.4. The van der Waals surface area contributed by atoms with Crippen LogP contribution in [-0.4, -0.2) is 42.7 Å². The molecule has 10 heteroatoms. The van der Waals surface area contributed by atoms with Gasteiger partial charge in [-0.25, -0.2) is 4.39 Å². The normalized spacial score (nSPS) is 12.1. The number of carboxylic acid groups (broad SMARTS) is 1. The number of carbonyl (C=O) groups is 2. The molecule has 0 heterocycles. The maximum atomic E-state index is 13.0. The summed E-state index contributed by atoms with van der Waals surface area (Å²) in [6, 6.07) is 19.5. The fourth-order valence-corrected chi connectivity index (χ4v) is 4.94. The van der Waals surface area contributed by atoms with E-state index in [1.54, 1.807) is 36.4 Å². The molecule has 0 saturated carbocycles. The number of rotatable bonds is 13. The van der Waals surface area contributed by atoms with Crippen molar-refractivity contribution in [2.75, 3.05) is 12.0 Å². The molecular formula is C27H27FO7S2. The van der Waals surface area contributed by atoms with E-state index in [-0.39, 0.29) is 24.6 Å². The third kappa shape index (κ3) is 10.3. The molecule has 0 fully saturated rings. The number of benzene rings is 3. The van der Waals surface area contributed by atoms with Gasteiger partial charge in [-0.05, 0) is 65.1 Å². The highest BCUT2D eigenvalue weighted by Crippen LogP contribution is 2.20. The second-order valence-corrected chi connectivity index (χ2v) is 11.2. The Morgan fingerprint density at radius 2 is 1.46 bits per heavy atom. The van der Waals surface area contributed by atoms with E-state index in [4.69, 9.17) is 8.92 Å². The molecule has 1 atom stereocenters. The number of halogens is 1. The molecule has 196 valence electrons. The van der Waals surface area contributed by atoms with Gasteiger partial charge in [0.1, 0.15) is 23.4 Å². The average molecular weight is 547 g/mol. The van der Waals surface area contributed by atoms with E-state index in [0.29, 0.717) is 24.2 Å². The maximum absolute atomic E-state index is 13.0. The van der Waals surface area contributed by atoms with E-state index in [1.807, 2.05) is 12.1 Å². The van der Waals surface area contributed by atoms with E-state index in [0.717, 1.165) is 22.9 Å². The van der Waals surface area contributed by atoms with Gasteiger partial charge < -0.3 is 14.0 Å². The van der Waals surface area contributed by atoms with E-state index in [1.165, 1.54) is 36.0 Å². The van der Waals surface area contributed by atoms with Crippen LogP contribution in [0.5, 0.6) is 5.75 Å². The van der Waals surface area contributed by atoms with Crippen LogP contribution in [0.2, 0.25) is 0 Å². The van der Waals surface area contributed by atoms with Crippen LogP contribution in [-0.2, 0) is 50.3 Å². The zero-order valence-electron chi connectivity index (χ0n) is 20.1. The predicted octanol–water partition coefficient (Wildman–Crippen LogP) is 4.42. The van der Waals surface area contributed by atoms with Crippen LogP contribution < -0.4 is 4.18 Å². The first-order chi connectivity index (χ1) is 17.6. The first-order valence-electron chi connectivity index (χ1n) is 11.4. The molecule has 3 aromatic rings. The Morgan fingerprint density at radius 1 is 0.892 bits per heavy atom. The van der Waals surface area contributed by atoms with Gasteiger partial charge in [-0.15, -0.1) is 11.8 Å². The summed E-state index contributed by atoms with van der Waals surface area (Å²) in [5.41, 5.74) is 3.23. The molecule has 3 aromatic carbocycles. The van der Waals surface area contributed by atoms with Gasteiger partial charge in [-0.2, -0.15) is 8.42 Å². The lowest BCUT2D eigenvalue weighted by molar-refractivity contribution is -0.144. The summed E-state index contributed by atoms with van der Waals surface area (Å²) in [6.45, 7) is 0.0726. The van der Waals surface area contributed by atoms with Crippen LogP contribution >= 0.6 is 11.8 Å². The zero-order chi connectivity index (χ0) is 26.8. The standard InChI is InChI=1S/C27H27FO7S2/c1-37(32,33)35-24-12-8-21(9-13-24)17-26(29)34-18-22-4-2-20(3-5-22)16-25(27(30)31)36-15-14-19-6-10-23(28)11-7-19/h2-13,25H,14-18H2,1H3,(H,30,31). The number of aliphatic carboxylic acids is 1. The molecule has 0 bridgehead atoms. The molecule has 7 nitrogen and oxygen atoms in total. The minimum atomic E-state index is -3.62. The van der Waals surface area contributed by atoms with Crippen molar-refractivity contribution in [2.24, 2.45) is 0 Å². The molecule has 3 rings (SSSR count). The quantitative estimate of drug-likeness (QED) is 0.248. The van der Waals surface area contributed by atoms with Gasteiger partial charge in [0.25, 0.3) is 0 Å². The molecule has 1 unspecified atom stereocenters. The smallest absolute Gasteiger partial charge is 0.316 e. The Balaban J connectivity index is 1.44. The monoisotopic (exact) mass is 546 g/mol. The molecule has 37 heavy (non-hydrogen) atoms. The molecule has 0 aliphatic rings. The highest BCUT2D eigenvalue weighted by Gasteiger charge is 2.18. The Hall–Kier alpha value is -3.37. The van der Waals surface area contributed by atoms with Gasteiger partial charge in [0.2, 0.25) is 0 Å². The van der Waals surface area contributed by atoms with Crippen molar-refractivity contribution in [1.29, 1.82) is 0 Å². The minimum Gasteiger partial charge on any atom is -0.480 e. The summed E-state index contributed by atoms with van der Waals surface area (Å²) in [6.07, 6.45) is 1.97. The number of esters is 1. The van der Waals surface area contributed by atoms with Gasteiger partial charge in [0.15, 0.2) is 0 Å². The number of carbonyl (C=O) groups excluding carboxylic acids is 1. The van der Waals surface area contributed by atoms with Crippen LogP contribution in [0.4, 0.5) is 4.39 Å². The lowest BCUT2D eigenvalue weighted by Crippen LogP contribution is -2.20. The van der Waals surface area contributed by atoms with Crippen LogP contribution in [0, 0.1) is 5.82 Å². The summed E-state index contributed by atoms with van der Waals surface area (Å²) in [7, 11) is -3.62.